The number of amides is 1. The topological polar surface area (TPSA) is 87.1 Å². The van der Waals surface area contributed by atoms with Gasteiger partial charge in [0.25, 0.3) is 0 Å². The van der Waals surface area contributed by atoms with E-state index in [1.54, 1.807) is 6.07 Å². The lowest BCUT2D eigenvalue weighted by molar-refractivity contribution is -0.0696. The largest absolute Gasteiger partial charge is 0.508 e. The third-order valence-corrected chi connectivity index (χ3v) is 5.08. The molecule has 1 fully saturated rings. The molecule has 1 aromatic carbocycles. The maximum Gasteiger partial charge on any atom is 0.407 e. The first kappa shape index (κ1) is 16.6. The Morgan fingerprint density at radius 1 is 1.29 bits per heavy atom. The number of hydrogen-bond donors (Lipinski definition) is 2. The van der Waals surface area contributed by atoms with E-state index in [4.69, 9.17) is 4.74 Å². The smallest absolute Gasteiger partial charge is 0.407 e. The average molecular weight is 333 g/mol. The predicted octanol–water partition coefficient (Wildman–Crippen LogP) is 3.14. The van der Waals surface area contributed by atoms with Gasteiger partial charge in [-0.3, -0.25) is 4.79 Å². The normalized spacial score (nSPS) is 22.9. The summed E-state index contributed by atoms with van der Waals surface area (Å²) in [6.07, 6.45) is -0.0261. The summed E-state index contributed by atoms with van der Waals surface area (Å²) in [6, 6.07) is 4.56. The summed E-state index contributed by atoms with van der Waals surface area (Å²) in [5.74, 6) is 0.0867. The molecule has 1 aromatic rings. The van der Waals surface area contributed by atoms with Gasteiger partial charge in [0.15, 0.2) is 5.78 Å². The third-order valence-electron chi connectivity index (χ3n) is 5.08. The zero-order valence-corrected chi connectivity index (χ0v) is 14.2. The molecule has 0 bridgehead atoms. The number of ketones is 1. The van der Waals surface area contributed by atoms with E-state index >= 15 is 0 Å². The number of piperidine rings is 1. The van der Waals surface area contributed by atoms with Crippen LogP contribution in [0.4, 0.5) is 4.79 Å². The molecule has 1 unspecified atom stereocenters. The van der Waals surface area contributed by atoms with E-state index in [1.165, 1.54) is 17.0 Å². The SMILES string of the molecule is CC(C)(C)C1C(=O)c2ccc(O)cc2OC12CCN(C(=O)O)CC2. The number of nitrogens with zero attached hydrogens (tertiary/aromatic N) is 1. The maximum absolute atomic E-state index is 13.2. The molecule has 1 spiro atoms. The Morgan fingerprint density at radius 2 is 1.92 bits per heavy atom. The van der Waals surface area contributed by atoms with Crippen molar-refractivity contribution >= 4 is 11.9 Å². The van der Waals surface area contributed by atoms with E-state index in [-0.39, 0.29) is 22.9 Å². The van der Waals surface area contributed by atoms with Gasteiger partial charge in [0.1, 0.15) is 17.1 Å². The monoisotopic (exact) mass is 333 g/mol. The van der Waals surface area contributed by atoms with Crippen LogP contribution in [0.15, 0.2) is 18.2 Å². The Balaban J connectivity index is 2.04. The molecule has 2 aliphatic heterocycles. The van der Waals surface area contributed by atoms with Gasteiger partial charge in [-0.25, -0.2) is 4.79 Å². The van der Waals surface area contributed by atoms with Crippen LogP contribution in [0, 0.1) is 11.3 Å². The summed E-state index contributed by atoms with van der Waals surface area (Å²) in [5, 5.41) is 18.9. The van der Waals surface area contributed by atoms with Gasteiger partial charge >= 0.3 is 6.09 Å². The number of likely N-dealkylation sites (tertiary alicyclic amines) is 1. The summed E-state index contributed by atoms with van der Waals surface area (Å²) in [4.78, 5) is 25.7. The molecule has 3 rings (SSSR count). The van der Waals surface area contributed by atoms with Crippen LogP contribution in [-0.4, -0.2) is 45.7 Å². The highest BCUT2D eigenvalue weighted by Gasteiger charge is 2.55. The fourth-order valence-corrected chi connectivity index (χ4v) is 4.12. The standard InChI is InChI=1S/C18H23NO5/c1-17(2,3)15-14(21)12-5-4-11(20)10-13(12)24-18(15)6-8-19(9-7-18)16(22)23/h4-5,10,15,20H,6-9H2,1-3H3,(H,22,23). The third kappa shape index (κ3) is 2.60. The van der Waals surface area contributed by atoms with Crippen molar-refractivity contribution in [3.05, 3.63) is 23.8 Å². The van der Waals surface area contributed by atoms with Crippen LogP contribution in [0.5, 0.6) is 11.5 Å². The van der Waals surface area contributed by atoms with Gasteiger partial charge in [-0.1, -0.05) is 20.8 Å². The summed E-state index contributed by atoms with van der Waals surface area (Å²) in [7, 11) is 0. The van der Waals surface area contributed by atoms with E-state index in [9.17, 15) is 19.8 Å². The second-order valence-corrected chi connectivity index (χ2v) is 7.78. The van der Waals surface area contributed by atoms with Gasteiger partial charge in [-0.2, -0.15) is 0 Å². The Kier molecular flexibility index (Phi) is 3.73. The number of fused-ring (bicyclic) bond motifs is 1. The lowest BCUT2D eigenvalue weighted by Crippen LogP contribution is -2.60. The predicted molar refractivity (Wildman–Crippen MR) is 87.6 cm³/mol. The molecule has 1 saturated heterocycles. The molecule has 0 aliphatic carbocycles. The van der Waals surface area contributed by atoms with E-state index < -0.39 is 11.7 Å². The molecule has 6 nitrogen and oxygen atoms in total. The van der Waals surface area contributed by atoms with Gasteiger partial charge in [0.2, 0.25) is 0 Å². The zero-order valence-electron chi connectivity index (χ0n) is 14.2. The van der Waals surface area contributed by atoms with Gasteiger partial charge in [0.05, 0.1) is 11.5 Å². The van der Waals surface area contributed by atoms with Crippen molar-refractivity contribution in [3.63, 3.8) is 0 Å². The Morgan fingerprint density at radius 3 is 2.46 bits per heavy atom. The van der Waals surface area contributed by atoms with Crippen LogP contribution in [0.3, 0.4) is 0 Å². The molecule has 24 heavy (non-hydrogen) atoms. The average Bonchev–Trinajstić information content (AvgIpc) is 2.45. The van der Waals surface area contributed by atoms with Crippen molar-refractivity contribution < 1.29 is 24.5 Å². The molecule has 1 amide bonds. The zero-order chi connectivity index (χ0) is 17.7. The van der Waals surface area contributed by atoms with Crippen LogP contribution >= 0.6 is 0 Å². The van der Waals surface area contributed by atoms with Gasteiger partial charge in [-0.05, 0) is 17.5 Å². The number of rotatable bonds is 0. The number of carboxylic acid groups (broad SMARTS) is 1. The minimum atomic E-state index is -0.947. The molecule has 1 atom stereocenters. The number of hydrogen-bond acceptors (Lipinski definition) is 4. The fourth-order valence-electron chi connectivity index (χ4n) is 4.12. The molecular weight excluding hydrogens is 310 g/mol. The quantitative estimate of drug-likeness (QED) is 0.761. The van der Waals surface area contributed by atoms with Crippen LogP contribution in [0.25, 0.3) is 0 Å². The molecule has 2 N–H and O–H groups in total. The molecular formula is C18H23NO5. The van der Waals surface area contributed by atoms with E-state index in [0.29, 0.717) is 37.2 Å². The summed E-state index contributed by atoms with van der Waals surface area (Å²) in [5.41, 5.74) is -0.570. The second kappa shape index (κ2) is 5.40. The first-order chi connectivity index (χ1) is 11.1. The number of carbonyl (C=O) groups excluding carboxylic acids is 1. The molecule has 2 aliphatic rings. The Labute approximate surface area is 141 Å². The highest BCUT2D eigenvalue weighted by Crippen LogP contribution is 2.50. The fraction of sp³-hybridized carbons (Fsp3) is 0.556. The minimum Gasteiger partial charge on any atom is -0.508 e. The molecule has 0 aromatic heterocycles. The van der Waals surface area contributed by atoms with Crippen molar-refractivity contribution in [3.8, 4) is 11.5 Å². The van der Waals surface area contributed by atoms with Crippen molar-refractivity contribution in [2.75, 3.05) is 13.1 Å². The van der Waals surface area contributed by atoms with Gasteiger partial charge < -0.3 is 19.8 Å². The number of benzene rings is 1. The Hall–Kier alpha value is -2.24. The summed E-state index contributed by atoms with van der Waals surface area (Å²) in [6.45, 7) is 6.70. The van der Waals surface area contributed by atoms with Crippen LogP contribution in [0.2, 0.25) is 0 Å². The lowest BCUT2D eigenvalue weighted by Gasteiger charge is -2.51. The minimum absolute atomic E-state index is 0.00697. The van der Waals surface area contributed by atoms with E-state index in [0.717, 1.165) is 0 Å². The van der Waals surface area contributed by atoms with Gasteiger partial charge in [-0.15, -0.1) is 0 Å². The highest BCUT2D eigenvalue weighted by atomic mass is 16.5. The van der Waals surface area contributed by atoms with E-state index in [2.05, 4.69) is 0 Å². The van der Waals surface area contributed by atoms with Crippen molar-refractivity contribution in [1.82, 2.24) is 4.90 Å². The maximum atomic E-state index is 13.2. The second-order valence-electron chi connectivity index (χ2n) is 7.78. The number of aromatic hydroxyl groups is 1. The van der Waals surface area contributed by atoms with Crippen molar-refractivity contribution in [2.45, 2.75) is 39.2 Å². The molecule has 2 heterocycles. The number of carbonyl (C=O) groups is 2. The number of ether oxygens (including phenoxy) is 1. The summed E-state index contributed by atoms with van der Waals surface area (Å²) < 4.78 is 6.28. The van der Waals surface area contributed by atoms with Crippen LogP contribution < -0.4 is 4.74 Å². The van der Waals surface area contributed by atoms with E-state index in [1.807, 2.05) is 20.8 Å². The molecule has 0 radical (unpaired) electrons. The molecule has 130 valence electrons. The van der Waals surface area contributed by atoms with Gasteiger partial charge in [0, 0.05) is 32.0 Å². The highest BCUT2D eigenvalue weighted by molar-refractivity contribution is 6.02. The Bertz CT molecular complexity index is 683. The number of phenolic OH excluding ortho intramolecular Hbond substituents is 1. The van der Waals surface area contributed by atoms with Crippen LogP contribution in [-0.2, 0) is 0 Å². The lowest BCUT2D eigenvalue weighted by atomic mass is 9.62. The number of phenols is 1. The summed E-state index contributed by atoms with van der Waals surface area (Å²) >= 11 is 0. The first-order valence-corrected chi connectivity index (χ1v) is 8.18. The van der Waals surface area contributed by atoms with Crippen molar-refractivity contribution in [1.29, 1.82) is 0 Å². The molecule has 6 heteroatoms. The van der Waals surface area contributed by atoms with Crippen molar-refractivity contribution in [2.24, 2.45) is 11.3 Å². The van der Waals surface area contributed by atoms with Crippen LogP contribution in [0.1, 0.15) is 44.0 Å². The molecule has 0 saturated carbocycles. The number of Topliss-reactive ketones (excluding diaryl/α,β-unsaturated/α-hetero) is 1. The first-order valence-electron chi connectivity index (χ1n) is 8.18.